The van der Waals surface area contributed by atoms with E-state index in [1.165, 1.54) is 115 Å². The fraction of sp³-hybridized carbons (Fsp3) is 0.254. The van der Waals surface area contributed by atoms with E-state index in [9.17, 15) is 0 Å². The molecule has 4 heterocycles. The van der Waals surface area contributed by atoms with Gasteiger partial charge in [0, 0.05) is 54.9 Å². The molecule has 5 heteroatoms. The minimum Gasteiger partial charge on any atom is -0.374 e. The van der Waals surface area contributed by atoms with Crippen molar-refractivity contribution in [2.45, 2.75) is 112 Å². The van der Waals surface area contributed by atoms with E-state index in [4.69, 9.17) is 0 Å². The van der Waals surface area contributed by atoms with Gasteiger partial charge in [-0.25, -0.2) is 0 Å². The summed E-state index contributed by atoms with van der Waals surface area (Å²) in [4.78, 5) is 5.16. The highest BCUT2D eigenvalue weighted by molar-refractivity contribution is 7.27. The lowest BCUT2D eigenvalue weighted by atomic mass is 9.45. The molecule has 0 saturated heterocycles. The Hall–Kier alpha value is -6.82. The van der Waals surface area contributed by atoms with Gasteiger partial charge in [-0.05, 0) is 139 Å². The molecule has 0 spiro atoms. The Morgan fingerprint density at radius 2 is 1.03 bits per heavy atom. The maximum atomic E-state index is 2.78. The van der Waals surface area contributed by atoms with Crippen molar-refractivity contribution >= 4 is 94.4 Å². The van der Waals surface area contributed by atoms with Crippen molar-refractivity contribution in [3.63, 3.8) is 0 Å². The number of aromatic nitrogens is 1. The number of rotatable bonds is 5. The van der Waals surface area contributed by atoms with Crippen molar-refractivity contribution in [1.29, 1.82) is 0 Å². The third kappa shape index (κ3) is 7.28. The number of aryl methyl sites for hydroxylation is 1. The summed E-state index contributed by atoms with van der Waals surface area (Å²) in [6.45, 7) is 30.0. The summed E-state index contributed by atoms with van der Waals surface area (Å²) in [5, 5.41) is 2.61. The van der Waals surface area contributed by atoms with Crippen LogP contribution in [0.3, 0.4) is 0 Å². The van der Waals surface area contributed by atoms with E-state index in [-0.39, 0.29) is 28.5 Å². The number of thiophene rings is 1. The molecule has 3 nitrogen and oxygen atoms in total. The maximum Gasteiger partial charge on any atom is 0.333 e. The van der Waals surface area contributed by atoms with Gasteiger partial charge in [0.15, 0.2) is 0 Å². The summed E-state index contributed by atoms with van der Waals surface area (Å²) in [5.41, 5.74) is 24.1. The normalized spacial score (nSPS) is 13.6. The molecule has 0 radical (unpaired) electrons. The van der Waals surface area contributed by atoms with Gasteiger partial charge in [-0.15, -0.1) is 11.3 Å². The SMILES string of the molecule is Cc1cc2c3c(c1)N(c1ccc(C(C)(C)C)cc1-c1ccccc1)c1cc(C(C)(C)C)ccc1B3n1c3c-2ccc(N(c2ccc(C(C)(C)C)cc2)c2ccc(C(C)(C)C)cc2)c3c2sc3ccccc3c21. The Kier molecular flexibility index (Phi) is 10.3. The number of anilines is 6. The van der Waals surface area contributed by atoms with Crippen LogP contribution in [0.5, 0.6) is 0 Å². The van der Waals surface area contributed by atoms with Gasteiger partial charge in [0.25, 0.3) is 0 Å². The highest BCUT2D eigenvalue weighted by Gasteiger charge is 2.45. The molecule has 0 aliphatic carbocycles. The molecule has 0 fully saturated rings. The van der Waals surface area contributed by atoms with Gasteiger partial charge in [0.05, 0.1) is 21.6 Å². The molecular weight excluding hydrogens is 890 g/mol. The van der Waals surface area contributed by atoms with Crippen LogP contribution in [0.1, 0.15) is 111 Å². The molecule has 358 valence electrons. The summed E-state index contributed by atoms with van der Waals surface area (Å²) < 4.78 is 5.42. The molecule has 72 heavy (non-hydrogen) atoms. The Morgan fingerprint density at radius 3 is 1.65 bits per heavy atom. The summed E-state index contributed by atoms with van der Waals surface area (Å²) in [7, 11) is 0. The second-order valence-corrected chi connectivity index (χ2v) is 25.8. The average molecular weight is 956 g/mol. The maximum absolute atomic E-state index is 2.78. The monoisotopic (exact) mass is 956 g/mol. The minimum atomic E-state index is -0.0868. The van der Waals surface area contributed by atoms with Gasteiger partial charge in [0.2, 0.25) is 0 Å². The zero-order chi connectivity index (χ0) is 50.4. The second kappa shape index (κ2) is 16.1. The first-order chi connectivity index (χ1) is 34.2. The Labute approximate surface area is 431 Å². The minimum absolute atomic E-state index is 0.0206. The van der Waals surface area contributed by atoms with Crippen LogP contribution in [0, 0.1) is 6.92 Å². The van der Waals surface area contributed by atoms with Gasteiger partial charge in [0.1, 0.15) is 0 Å². The second-order valence-electron chi connectivity index (χ2n) is 24.8. The van der Waals surface area contributed by atoms with Crippen LogP contribution >= 0.6 is 11.3 Å². The van der Waals surface area contributed by atoms with Gasteiger partial charge in [-0.1, -0.05) is 186 Å². The van der Waals surface area contributed by atoms with Crippen LogP contribution in [0.15, 0.2) is 164 Å². The van der Waals surface area contributed by atoms with E-state index in [1.807, 2.05) is 11.3 Å². The molecule has 0 atom stereocenters. The van der Waals surface area contributed by atoms with Crippen LogP contribution < -0.4 is 20.7 Å². The predicted octanol–water partition coefficient (Wildman–Crippen LogP) is 18.1. The fourth-order valence-electron chi connectivity index (χ4n) is 11.7. The Bertz CT molecular complexity index is 3730. The summed E-state index contributed by atoms with van der Waals surface area (Å²) in [5.74, 6) is 0. The molecule has 10 aromatic rings. The predicted molar refractivity (Wildman–Crippen MR) is 315 cm³/mol. The van der Waals surface area contributed by atoms with E-state index in [0.717, 1.165) is 11.4 Å². The number of nitrogens with zero attached hydrogens (tertiary/aromatic N) is 3. The van der Waals surface area contributed by atoms with Crippen molar-refractivity contribution in [2.24, 2.45) is 0 Å². The van der Waals surface area contributed by atoms with E-state index in [1.54, 1.807) is 0 Å². The van der Waals surface area contributed by atoms with E-state index in [2.05, 4.69) is 268 Å². The van der Waals surface area contributed by atoms with Gasteiger partial charge < -0.3 is 14.3 Å². The first-order valence-corrected chi connectivity index (χ1v) is 26.8. The van der Waals surface area contributed by atoms with Crippen molar-refractivity contribution in [3.05, 3.63) is 192 Å². The summed E-state index contributed by atoms with van der Waals surface area (Å²) in [6, 6.07) is 63.3. The van der Waals surface area contributed by atoms with Crippen molar-refractivity contribution in [1.82, 2.24) is 4.48 Å². The van der Waals surface area contributed by atoms with Crippen LogP contribution in [0.2, 0.25) is 0 Å². The summed E-state index contributed by atoms with van der Waals surface area (Å²) >= 11 is 1.94. The zero-order valence-corrected chi connectivity index (χ0v) is 45.2. The lowest BCUT2D eigenvalue weighted by molar-refractivity contribution is 0.590. The zero-order valence-electron chi connectivity index (χ0n) is 44.4. The van der Waals surface area contributed by atoms with E-state index in [0.29, 0.717) is 0 Å². The molecule has 2 aromatic heterocycles. The number of benzene rings is 8. The van der Waals surface area contributed by atoms with Crippen molar-refractivity contribution in [3.8, 4) is 22.3 Å². The highest BCUT2D eigenvalue weighted by Crippen LogP contribution is 2.54. The van der Waals surface area contributed by atoms with Crippen LogP contribution in [-0.2, 0) is 21.7 Å². The number of hydrogen-bond acceptors (Lipinski definition) is 3. The molecule has 0 N–H and O–H groups in total. The lowest BCUT2D eigenvalue weighted by Crippen LogP contribution is -2.56. The van der Waals surface area contributed by atoms with Crippen LogP contribution in [0.25, 0.3) is 53.5 Å². The molecule has 8 aromatic carbocycles. The largest absolute Gasteiger partial charge is 0.374 e. The summed E-state index contributed by atoms with van der Waals surface area (Å²) in [6.07, 6.45) is 0. The van der Waals surface area contributed by atoms with Crippen molar-refractivity contribution in [2.75, 3.05) is 9.80 Å². The standard InChI is InChI=1S/C67H66BN3S/c1-41-37-52-49-33-36-55(69(47-29-23-43(24-30-47)64(2,3)4)48-31-25-44(26-32-48)65(5,6)7)59-61(49)71(62-50-21-17-18-22-58(50)72-63(59)62)68-53-34-27-46(67(11,12)13)40-56(53)70(57(38-41)60(52)68)54-35-28-45(66(8,9)10)39-51(54)42-19-15-14-16-20-42/h14-40H,1-13H3. The number of hydrogen-bond donors (Lipinski definition) is 0. The molecule has 2 aliphatic rings. The first-order valence-electron chi connectivity index (χ1n) is 26.0. The molecule has 2 aliphatic heterocycles. The van der Waals surface area contributed by atoms with E-state index >= 15 is 0 Å². The fourth-order valence-corrected chi connectivity index (χ4v) is 12.9. The van der Waals surface area contributed by atoms with Crippen molar-refractivity contribution < 1.29 is 0 Å². The topological polar surface area (TPSA) is 11.4 Å². The molecule has 12 rings (SSSR count). The molecule has 0 saturated carbocycles. The smallest absolute Gasteiger partial charge is 0.333 e. The number of fused-ring (bicyclic) bond motifs is 9. The average Bonchev–Trinajstić information content (AvgIpc) is 3.88. The lowest BCUT2D eigenvalue weighted by Gasteiger charge is -2.42. The van der Waals surface area contributed by atoms with Gasteiger partial charge in [-0.2, -0.15) is 0 Å². The molecule has 0 unspecified atom stereocenters. The van der Waals surface area contributed by atoms with Crippen LogP contribution in [-0.4, -0.2) is 11.3 Å². The van der Waals surface area contributed by atoms with Gasteiger partial charge in [-0.3, -0.25) is 0 Å². The molecule has 0 bridgehead atoms. The Balaban J connectivity index is 1.20. The molecule has 0 amide bonds. The Morgan fingerprint density at radius 1 is 0.458 bits per heavy atom. The quantitative estimate of drug-likeness (QED) is 0.159. The third-order valence-corrected chi connectivity index (χ3v) is 16.8. The highest BCUT2D eigenvalue weighted by atomic mass is 32.1. The first kappa shape index (κ1) is 46.3. The van der Waals surface area contributed by atoms with Gasteiger partial charge >= 0.3 is 6.85 Å². The van der Waals surface area contributed by atoms with E-state index < -0.39 is 0 Å². The van der Waals surface area contributed by atoms with Crippen LogP contribution in [0.4, 0.5) is 34.1 Å². The third-order valence-electron chi connectivity index (χ3n) is 15.6. The molecular formula is C67H66BN3S.